The molecule has 1 aliphatic rings. The molecule has 0 radical (unpaired) electrons. The number of nitrogens with zero attached hydrogens (tertiary/aromatic N) is 3. The molecular formula is C15H16F2N4O. The van der Waals surface area contributed by atoms with Crippen LogP contribution in [0.1, 0.15) is 6.42 Å². The lowest BCUT2D eigenvalue weighted by molar-refractivity contribution is 0.0159. The van der Waals surface area contributed by atoms with Gasteiger partial charge in [-0.2, -0.15) is 5.10 Å². The first-order chi connectivity index (χ1) is 10.4. The van der Waals surface area contributed by atoms with Gasteiger partial charge in [0.15, 0.2) is 0 Å². The van der Waals surface area contributed by atoms with Crippen molar-refractivity contribution in [2.75, 3.05) is 18.4 Å². The first-order valence-electron chi connectivity index (χ1n) is 6.97. The van der Waals surface area contributed by atoms with E-state index in [2.05, 4.69) is 10.4 Å². The summed E-state index contributed by atoms with van der Waals surface area (Å²) in [6.45, 7) is -0.487. The van der Waals surface area contributed by atoms with Crippen LogP contribution in [0.25, 0.3) is 11.3 Å². The SMILES string of the molecule is Cn1cc(NC(=O)N2CCC(F)(F)C2)c(-c2ccccc2)n1. The van der Waals surface area contributed by atoms with Crippen molar-refractivity contribution in [3.8, 4) is 11.3 Å². The smallest absolute Gasteiger partial charge is 0.318 e. The topological polar surface area (TPSA) is 50.2 Å². The second kappa shape index (κ2) is 5.40. The molecule has 2 heterocycles. The van der Waals surface area contributed by atoms with Crippen LogP contribution in [-0.2, 0) is 7.05 Å². The van der Waals surface area contributed by atoms with E-state index in [1.807, 2.05) is 30.3 Å². The number of anilines is 1. The van der Waals surface area contributed by atoms with Crippen LogP contribution in [0.2, 0.25) is 0 Å². The van der Waals surface area contributed by atoms with E-state index >= 15 is 0 Å². The van der Waals surface area contributed by atoms with Crippen molar-refractivity contribution in [1.29, 1.82) is 0 Å². The van der Waals surface area contributed by atoms with Gasteiger partial charge >= 0.3 is 6.03 Å². The summed E-state index contributed by atoms with van der Waals surface area (Å²) < 4.78 is 28.0. The monoisotopic (exact) mass is 306 g/mol. The van der Waals surface area contributed by atoms with E-state index in [-0.39, 0.29) is 13.0 Å². The molecule has 0 spiro atoms. The minimum Gasteiger partial charge on any atom is -0.318 e. The highest BCUT2D eigenvalue weighted by molar-refractivity contribution is 5.93. The number of amides is 2. The third-order valence-electron chi connectivity index (χ3n) is 3.57. The Balaban J connectivity index is 1.80. The van der Waals surface area contributed by atoms with Crippen LogP contribution >= 0.6 is 0 Å². The number of rotatable bonds is 2. The van der Waals surface area contributed by atoms with Crippen molar-refractivity contribution in [3.63, 3.8) is 0 Å². The van der Waals surface area contributed by atoms with Crippen LogP contribution in [0.5, 0.6) is 0 Å². The molecule has 0 bridgehead atoms. The van der Waals surface area contributed by atoms with Gasteiger partial charge in [0.2, 0.25) is 0 Å². The second-order valence-corrected chi connectivity index (χ2v) is 5.39. The van der Waals surface area contributed by atoms with Gasteiger partial charge in [-0.05, 0) is 0 Å². The Morgan fingerprint density at radius 3 is 2.68 bits per heavy atom. The molecule has 116 valence electrons. The number of hydrogen-bond donors (Lipinski definition) is 1. The predicted molar refractivity (Wildman–Crippen MR) is 78.8 cm³/mol. The van der Waals surface area contributed by atoms with E-state index in [9.17, 15) is 13.6 Å². The van der Waals surface area contributed by atoms with Gasteiger partial charge < -0.3 is 10.2 Å². The van der Waals surface area contributed by atoms with Crippen molar-refractivity contribution in [2.45, 2.75) is 12.3 Å². The van der Waals surface area contributed by atoms with E-state index in [1.165, 1.54) is 0 Å². The molecule has 2 amide bonds. The fourth-order valence-electron chi connectivity index (χ4n) is 2.49. The third kappa shape index (κ3) is 2.93. The van der Waals surface area contributed by atoms with Gasteiger partial charge in [0.05, 0.1) is 12.2 Å². The average Bonchev–Trinajstić information content (AvgIpc) is 3.02. The highest BCUT2D eigenvalue weighted by Gasteiger charge is 2.40. The molecule has 0 atom stereocenters. The maximum absolute atomic E-state index is 13.2. The lowest BCUT2D eigenvalue weighted by Crippen LogP contribution is -2.34. The summed E-state index contributed by atoms with van der Waals surface area (Å²) >= 11 is 0. The summed E-state index contributed by atoms with van der Waals surface area (Å²) in [7, 11) is 1.74. The first-order valence-corrected chi connectivity index (χ1v) is 6.97. The maximum Gasteiger partial charge on any atom is 0.322 e. The molecule has 0 aliphatic carbocycles. The van der Waals surface area contributed by atoms with Gasteiger partial charge in [0.25, 0.3) is 5.92 Å². The zero-order valence-electron chi connectivity index (χ0n) is 12.1. The number of halogens is 2. The second-order valence-electron chi connectivity index (χ2n) is 5.39. The maximum atomic E-state index is 13.2. The molecule has 1 saturated heterocycles. The number of aryl methyl sites for hydroxylation is 1. The number of urea groups is 1. The Labute approximate surface area is 126 Å². The standard InChI is InChI=1S/C15H16F2N4O/c1-20-9-12(13(19-20)11-5-3-2-4-6-11)18-14(22)21-8-7-15(16,17)10-21/h2-6,9H,7-8,10H2,1H3,(H,18,22). The third-order valence-corrected chi connectivity index (χ3v) is 3.57. The summed E-state index contributed by atoms with van der Waals surface area (Å²) in [4.78, 5) is 13.3. The number of aromatic nitrogens is 2. The minimum absolute atomic E-state index is 0.0553. The zero-order valence-corrected chi connectivity index (χ0v) is 12.1. The lowest BCUT2D eigenvalue weighted by atomic mass is 10.1. The Morgan fingerprint density at radius 1 is 1.32 bits per heavy atom. The molecule has 0 unspecified atom stereocenters. The van der Waals surface area contributed by atoms with Gasteiger partial charge in [0, 0.05) is 31.8 Å². The van der Waals surface area contributed by atoms with Crippen molar-refractivity contribution < 1.29 is 13.6 Å². The van der Waals surface area contributed by atoms with Crippen molar-refractivity contribution in [3.05, 3.63) is 36.5 Å². The zero-order chi connectivity index (χ0) is 15.7. The Hall–Kier alpha value is -2.44. The number of carbonyl (C=O) groups is 1. The van der Waals surface area contributed by atoms with Crippen LogP contribution in [0.15, 0.2) is 36.5 Å². The molecule has 22 heavy (non-hydrogen) atoms. The average molecular weight is 306 g/mol. The van der Waals surface area contributed by atoms with Crippen LogP contribution in [0, 0.1) is 0 Å². The molecule has 2 aromatic rings. The first kappa shape index (κ1) is 14.5. The highest BCUT2D eigenvalue weighted by Crippen LogP contribution is 2.29. The number of alkyl halides is 2. The van der Waals surface area contributed by atoms with Crippen molar-refractivity contribution in [1.82, 2.24) is 14.7 Å². The fourth-order valence-corrected chi connectivity index (χ4v) is 2.49. The normalized spacial score (nSPS) is 16.8. The number of nitrogens with one attached hydrogen (secondary N) is 1. The number of likely N-dealkylation sites (tertiary alicyclic amines) is 1. The number of carbonyl (C=O) groups excluding carboxylic acids is 1. The molecule has 1 N–H and O–H groups in total. The van der Waals surface area contributed by atoms with Crippen LogP contribution in [0.3, 0.4) is 0 Å². The van der Waals surface area contributed by atoms with Crippen molar-refractivity contribution in [2.24, 2.45) is 7.05 Å². The number of benzene rings is 1. The largest absolute Gasteiger partial charge is 0.322 e. The Bertz CT molecular complexity index is 684. The minimum atomic E-state index is -2.80. The summed E-state index contributed by atoms with van der Waals surface area (Å²) in [5, 5.41) is 7.00. The van der Waals surface area contributed by atoms with Gasteiger partial charge in [0.1, 0.15) is 5.69 Å². The van der Waals surface area contributed by atoms with Gasteiger partial charge in [-0.3, -0.25) is 4.68 Å². The molecule has 3 rings (SSSR count). The van der Waals surface area contributed by atoms with Gasteiger partial charge in [-0.1, -0.05) is 30.3 Å². The lowest BCUT2D eigenvalue weighted by Gasteiger charge is -2.16. The molecular weight excluding hydrogens is 290 g/mol. The highest BCUT2D eigenvalue weighted by atomic mass is 19.3. The van der Waals surface area contributed by atoms with E-state index in [0.29, 0.717) is 11.4 Å². The van der Waals surface area contributed by atoms with Crippen LogP contribution in [0.4, 0.5) is 19.3 Å². The quantitative estimate of drug-likeness (QED) is 0.927. The van der Waals surface area contributed by atoms with Gasteiger partial charge in [-0.15, -0.1) is 0 Å². The van der Waals surface area contributed by atoms with Crippen molar-refractivity contribution >= 4 is 11.7 Å². The summed E-state index contributed by atoms with van der Waals surface area (Å²) in [5.41, 5.74) is 1.97. The summed E-state index contributed by atoms with van der Waals surface area (Å²) in [6.07, 6.45) is 1.37. The molecule has 1 fully saturated rings. The predicted octanol–water partition coefficient (Wildman–Crippen LogP) is 2.96. The summed E-state index contributed by atoms with van der Waals surface area (Å²) in [6, 6.07) is 8.86. The molecule has 7 heteroatoms. The Kier molecular flexibility index (Phi) is 3.56. The fraction of sp³-hybridized carbons (Fsp3) is 0.333. The molecule has 1 aromatic carbocycles. The van der Waals surface area contributed by atoms with Crippen LogP contribution in [-0.4, -0.2) is 39.7 Å². The van der Waals surface area contributed by atoms with E-state index in [4.69, 9.17) is 0 Å². The number of hydrogen-bond acceptors (Lipinski definition) is 2. The van der Waals surface area contributed by atoms with E-state index < -0.39 is 18.5 Å². The molecule has 0 saturated carbocycles. The Morgan fingerprint density at radius 2 is 2.05 bits per heavy atom. The van der Waals surface area contributed by atoms with Crippen LogP contribution < -0.4 is 5.32 Å². The summed E-state index contributed by atoms with van der Waals surface area (Å²) in [5.74, 6) is -2.80. The van der Waals surface area contributed by atoms with Gasteiger partial charge in [-0.25, -0.2) is 13.6 Å². The molecule has 1 aromatic heterocycles. The van der Waals surface area contributed by atoms with E-state index in [0.717, 1.165) is 10.5 Å². The molecule has 5 nitrogen and oxygen atoms in total. The van der Waals surface area contributed by atoms with E-state index in [1.54, 1.807) is 17.9 Å². The molecule has 1 aliphatic heterocycles.